The van der Waals surface area contributed by atoms with E-state index in [-0.39, 0.29) is 0 Å². The van der Waals surface area contributed by atoms with Crippen LogP contribution in [0.2, 0.25) is 5.02 Å². The highest BCUT2D eigenvalue weighted by atomic mass is 35.5. The molecule has 17 heavy (non-hydrogen) atoms. The summed E-state index contributed by atoms with van der Waals surface area (Å²) < 4.78 is 0. The summed E-state index contributed by atoms with van der Waals surface area (Å²) in [6.07, 6.45) is 7.75. The van der Waals surface area contributed by atoms with Gasteiger partial charge in [-0.3, -0.25) is 4.99 Å². The summed E-state index contributed by atoms with van der Waals surface area (Å²) >= 11 is 5.95. The molecule has 0 heterocycles. The predicted octanol–water partition coefficient (Wildman–Crippen LogP) is 4.95. The van der Waals surface area contributed by atoms with E-state index in [1.807, 2.05) is 57.2 Å². The minimum atomic E-state index is 0.684. The largest absolute Gasteiger partial charge is 0.354 e. The van der Waals surface area contributed by atoms with Gasteiger partial charge in [0.2, 0.25) is 0 Å². The third-order valence-electron chi connectivity index (χ3n) is 2.16. The second-order valence-corrected chi connectivity index (χ2v) is 3.85. The van der Waals surface area contributed by atoms with E-state index in [1.165, 1.54) is 0 Å². The summed E-state index contributed by atoms with van der Waals surface area (Å²) in [4.78, 5) is 4.29. The Labute approximate surface area is 108 Å². The van der Waals surface area contributed by atoms with Crippen LogP contribution in [0.4, 0.5) is 11.4 Å². The fourth-order valence-corrected chi connectivity index (χ4v) is 1.57. The van der Waals surface area contributed by atoms with Crippen LogP contribution in [-0.2, 0) is 0 Å². The number of benzene rings is 1. The molecule has 0 aliphatic rings. The molecule has 0 radical (unpaired) electrons. The first-order valence-corrected chi connectivity index (χ1v) is 5.93. The average Bonchev–Trinajstić information content (AvgIpc) is 2.32. The van der Waals surface area contributed by atoms with E-state index < -0.39 is 0 Å². The maximum atomic E-state index is 5.95. The van der Waals surface area contributed by atoms with E-state index in [0.717, 1.165) is 17.1 Å². The zero-order valence-corrected chi connectivity index (χ0v) is 11.1. The normalized spacial score (nSPS) is 12.6. The third-order valence-corrected chi connectivity index (χ3v) is 2.40. The van der Waals surface area contributed by atoms with E-state index in [1.54, 1.807) is 6.21 Å². The number of anilines is 1. The Hall–Kier alpha value is -1.54. The highest BCUT2D eigenvalue weighted by Crippen LogP contribution is 2.29. The number of hydrogen-bond donors (Lipinski definition) is 1. The van der Waals surface area contributed by atoms with Crippen molar-refractivity contribution in [3.8, 4) is 0 Å². The zero-order chi connectivity index (χ0) is 12.7. The molecule has 3 heteroatoms. The summed E-state index contributed by atoms with van der Waals surface area (Å²) in [6, 6.07) is 5.62. The molecule has 0 unspecified atom stereocenters. The van der Waals surface area contributed by atoms with Gasteiger partial charge >= 0.3 is 0 Å². The standard InChI is InChI=1S/C14H17ClN2/c1-4-7-12(5-2)17-13-9-8-11(15)10-14(13)16-6-3/h4-10,17H,1-3H3/b7-4-,12-5+,16-6?. The second-order valence-electron chi connectivity index (χ2n) is 3.42. The van der Waals surface area contributed by atoms with Gasteiger partial charge in [0.05, 0.1) is 11.4 Å². The zero-order valence-electron chi connectivity index (χ0n) is 10.4. The van der Waals surface area contributed by atoms with Gasteiger partial charge in [0.1, 0.15) is 0 Å². The lowest BCUT2D eigenvalue weighted by Gasteiger charge is -2.10. The molecule has 0 aliphatic carbocycles. The van der Waals surface area contributed by atoms with Gasteiger partial charge in [-0.2, -0.15) is 0 Å². The molecule has 0 spiro atoms. The highest BCUT2D eigenvalue weighted by Gasteiger charge is 2.02. The quantitative estimate of drug-likeness (QED) is 0.591. The van der Waals surface area contributed by atoms with Crippen molar-refractivity contribution in [3.05, 3.63) is 47.1 Å². The molecule has 1 N–H and O–H groups in total. The van der Waals surface area contributed by atoms with E-state index in [0.29, 0.717) is 5.02 Å². The number of aliphatic imine (C=N–C) groups is 1. The maximum Gasteiger partial charge on any atom is 0.0875 e. The molecule has 1 rings (SSSR count). The Morgan fingerprint density at radius 1 is 1.29 bits per heavy atom. The van der Waals surface area contributed by atoms with Crippen LogP contribution in [0, 0.1) is 0 Å². The Kier molecular flexibility index (Phi) is 5.50. The molecule has 0 atom stereocenters. The Balaban J connectivity index is 3.05. The van der Waals surface area contributed by atoms with E-state index >= 15 is 0 Å². The van der Waals surface area contributed by atoms with Crippen molar-refractivity contribution >= 4 is 29.2 Å². The van der Waals surface area contributed by atoms with Gasteiger partial charge in [0.25, 0.3) is 0 Å². The summed E-state index contributed by atoms with van der Waals surface area (Å²) in [5.74, 6) is 0. The first-order chi connectivity index (χ1) is 8.21. The minimum Gasteiger partial charge on any atom is -0.354 e. The van der Waals surface area contributed by atoms with Crippen molar-refractivity contribution in [2.75, 3.05) is 5.32 Å². The minimum absolute atomic E-state index is 0.684. The van der Waals surface area contributed by atoms with Crippen molar-refractivity contribution in [2.24, 2.45) is 4.99 Å². The van der Waals surface area contributed by atoms with Gasteiger partial charge in [0, 0.05) is 16.9 Å². The van der Waals surface area contributed by atoms with Crippen LogP contribution in [0.25, 0.3) is 0 Å². The van der Waals surface area contributed by atoms with E-state index in [4.69, 9.17) is 11.6 Å². The summed E-state index contributed by atoms with van der Waals surface area (Å²) in [7, 11) is 0. The molecule has 0 aromatic heterocycles. The molecular weight excluding hydrogens is 232 g/mol. The summed E-state index contributed by atoms with van der Waals surface area (Å²) in [5, 5.41) is 4.00. The first kappa shape index (κ1) is 13.5. The first-order valence-electron chi connectivity index (χ1n) is 5.55. The fourth-order valence-electron chi connectivity index (χ4n) is 1.40. The SMILES string of the molecule is CC=Nc1cc(Cl)ccc1NC(/C=C\C)=C/C. The average molecular weight is 249 g/mol. The predicted molar refractivity (Wildman–Crippen MR) is 77.5 cm³/mol. The Bertz CT molecular complexity index is 459. The van der Waals surface area contributed by atoms with Gasteiger partial charge in [-0.05, 0) is 45.0 Å². The van der Waals surface area contributed by atoms with Crippen molar-refractivity contribution in [1.82, 2.24) is 0 Å². The van der Waals surface area contributed by atoms with Gasteiger partial charge in [-0.1, -0.05) is 23.8 Å². The van der Waals surface area contributed by atoms with E-state index in [9.17, 15) is 0 Å². The highest BCUT2D eigenvalue weighted by molar-refractivity contribution is 6.31. The number of nitrogens with one attached hydrogen (secondary N) is 1. The van der Waals surface area contributed by atoms with Crippen LogP contribution in [0.5, 0.6) is 0 Å². The van der Waals surface area contributed by atoms with Crippen molar-refractivity contribution in [2.45, 2.75) is 20.8 Å². The molecule has 2 nitrogen and oxygen atoms in total. The van der Waals surface area contributed by atoms with Gasteiger partial charge in [-0.25, -0.2) is 0 Å². The number of nitrogens with zero attached hydrogens (tertiary/aromatic N) is 1. The molecule has 0 amide bonds. The van der Waals surface area contributed by atoms with Crippen LogP contribution >= 0.6 is 11.6 Å². The molecule has 0 saturated heterocycles. The Morgan fingerprint density at radius 2 is 2.06 bits per heavy atom. The topological polar surface area (TPSA) is 24.4 Å². The van der Waals surface area contributed by atoms with Crippen LogP contribution in [-0.4, -0.2) is 6.21 Å². The molecule has 0 fully saturated rings. The molecule has 0 bridgehead atoms. The molecule has 90 valence electrons. The lowest BCUT2D eigenvalue weighted by Crippen LogP contribution is -1.96. The summed E-state index contributed by atoms with van der Waals surface area (Å²) in [6.45, 7) is 5.85. The molecular formula is C14H17ClN2. The molecule has 0 aliphatic heterocycles. The number of allylic oxidation sites excluding steroid dienone is 3. The van der Waals surface area contributed by atoms with E-state index in [2.05, 4.69) is 10.3 Å². The number of rotatable bonds is 4. The summed E-state index contributed by atoms with van der Waals surface area (Å²) in [5.41, 5.74) is 2.81. The van der Waals surface area contributed by atoms with Gasteiger partial charge < -0.3 is 5.32 Å². The fraction of sp³-hybridized carbons (Fsp3) is 0.214. The molecule has 1 aromatic carbocycles. The second kappa shape index (κ2) is 6.92. The van der Waals surface area contributed by atoms with Crippen LogP contribution in [0.3, 0.4) is 0 Å². The monoisotopic (exact) mass is 248 g/mol. The lowest BCUT2D eigenvalue weighted by atomic mass is 10.2. The maximum absolute atomic E-state index is 5.95. The van der Waals surface area contributed by atoms with Crippen LogP contribution in [0.15, 0.2) is 47.1 Å². The Morgan fingerprint density at radius 3 is 2.65 bits per heavy atom. The molecule has 0 saturated carbocycles. The van der Waals surface area contributed by atoms with Crippen molar-refractivity contribution < 1.29 is 0 Å². The number of halogens is 1. The molecule has 1 aromatic rings. The van der Waals surface area contributed by atoms with Crippen LogP contribution in [0.1, 0.15) is 20.8 Å². The smallest absolute Gasteiger partial charge is 0.0875 e. The van der Waals surface area contributed by atoms with Crippen molar-refractivity contribution in [3.63, 3.8) is 0 Å². The van der Waals surface area contributed by atoms with Crippen molar-refractivity contribution in [1.29, 1.82) is 0 Å². The van der Waals surface area contributed by atoms with Gasteiger partial charge in [-0.15, -0.1) is 0 Å². The third kappa shape index (κ3) is 4.08. The number of hydrogen-bond acceptors (Lipinski definition) is 2. The van der Waals surface area contributed by atoms with Gasteiger partial charge in [0.15, 0.2) is 0 Å². The lowest BCUT2D eigenvalue weighted by molar-refractivity contribution is 1.41. The van der Waals surface area contributed by atoms with Crippen LogP contribution < -0.4 is 5.32 Å².